The molecule has 2 aliphatic rings. The van der Waals surface area contributed by atoms with Crippen LogP contribution in [-0.2, 0) is 17.9 Å². The van der Waals surface area contributed by atoms with E-state index in [4.69, 9.17) is 0 Å². The third kappa shape index (κ3) is 3.73. The monoisotopic (exact) mass is 346 g/mol. The molecule has 0 saturated carbocycles. The Labute approximate surface area is 155 Å². The Balaban J connectivity index is 1.57. The second-order valence-corrected chi connectivity index (χ2v) is 7.31. The summed E-state index contributed by atoms with van der Waals surface area (Å²) in [4.78, 5) is 17.7. The quantitative estimate of drug-likeness (QED) is 0.764. The Morgan fingerprint density at radius 3 is 2.12 bits per heavy atom. The van der Waals surface area contributed by atoms with Gasteiger partial charge in [0.05, 0.1) is 6.04 Å². The molecule has 1 amide bonds. The summed E-state index contributed by atoms with van der Waals surface area (Å²) in [6.07, 6.45) is 7.37. The Morgan fingerprint density at radius 2 is 1.50 bits per heavy atom. The molecule has 3 nitrogen and oxygen atoms in total. The molecule has 4 rings (SSSR count). The lowest BCUT2D eigenvalue weighted by Crippen LogP contribution is -2.41. The summed E-state index contributed by atoms with van der Waals surface area (Å²) in [6.45, 7) is 2.48. The molecule has 0 unspecified atom stereocenters. The minimum Gasteiger partial charge on any atom is -0.338 e. The highest BCUT2D eigenvalue weighted by Crippen LogP contribution is 2.30. The van der Waals surface area contributed by atoms with Gasteiger partial charge in [0.15, 0.2) is 0 Å². The van der Waals surface area contributed by atoms with Crippen molar-refractivity contribution in [2.45, 2.75) is 44.4 Å². The van der Waals surface area contributed by atoms with E-state index in [0.29, 0.717) is 11.9 Å². The molecule has 2 aromatic rings. The minimum absolute atomic E-state index is 0.0214. The molecule has 0 radical (unpaired) electrons. The summed E-state index contributed by atoms with van der Waals surface area (Å²) in [5.41, 5.74) is 2.52. The van der Waals surface area contributed by atoms with Gasteiger partial charge in [-0.1, -0.05) is 72.8 Å². The summed E-state index contributed by atoms with van der Waals surface area (Å²) in [5.74, 6) is 0.311. The van der Waals surface area contributed by atoms with Crippen LogP contribution in [0, 0.1) is 0 Å². The predicted octanol–water partition coefficient (Wildman–Crippen LogP) is 4.01. The van der Waals surface area contributed by atoms with Gasteiger partial charge in [0, 0.05) is 25.7 Å². The molecule has 2 atom stereocenters. The van der Waals surface area contributed by atoms with Crippen LogP contribution in [0.25, 0.3) is 0 Å². The number of fused-ring (bicyclic) bond motifs is 1. The Morgan fingerprint density at radius 1 is 0.885 bits per heavy atom. The molecule has 0 aromatic heterocycles. The van der Waals surface area contributed by atoms with E-state index in [1.165, 1.54) is 11.1 Å². The Hall–Kier alpha value is -2.39. The first-order chi connectivity index (χ1) is 12.8. The van der Waals surface area contributed by atoms with Crippen LogP contribution in [0.5, 0.6) is 0 Å². The zero-order valence-corrected chi connectivity index (χ0v) is 15.1. The predicted molar refractivity (Wildman–Crippen MR) is 104 cm³/mol. The molecular weight excluding hydrogens is 320 g/mol. The second-order valence-electron chi connectivity index (χ2n) is 7.31. The van der Waals surface area contributed by atoms with Crippen LogP contribution in [0.2, 0.25) is 0 Å². The summed E-state index contributed by atoms with van der Waals surface area (Å²) in [5, 5.41) is 0. The van der Waals surface area contributed by atoms with E-state index >= 15 is 0 Å². The van der Waals surface area contributed by atoms with Crippen molar-refractivity contribution in [3.63, 3.8) is 0 Å². The third-order valence-electron chi connectivity index (χ3n) is 5.51. The topological polar surface area (TPSA) is 23.6 Å². The summed E-state index contributed by atoms with van der Waals surface area (Å²) in [7, 11) is 0. The van der Waals surface area contributed by atoms with E-state index in [9.17, 15) is 4.79 Å². The van der Waals surface area contributed by atoms with E-state index in [2.05, 4.69) is 70.5 Å². The molecule has 2 aromatic carbocycles. The molecule has 134 valence electrons. The zero-order valence-electron chi connectivity index (χ0n) is 15.1. The van der Waals surface area contributed by atoms with Crippen LogP contribution < -0.4 is 0 Å². The number of hydrogen-bond acceptors (Lipinski definition) is 2. The van der Waals surface area contributed by atoms with Crippen LogP contribution in [0.4, 0.5) is 0 Å². The fraction of sp³-hybridized carbons (Fsp3) is 0.348. The smallest absolute Gasteiger partial charge is 0.240 e. The van der Waals surface area contributed by atoms with Gasteiger partial charge < -0.3 is 4.90 Å². The maximum Gasteiger partial charge on any atom is 0.240 e. The van der Waals surface area contributed by atoms with E-state index in [1.807, 2.05) is 12.1 Å². The lowest BCUT2D eigenvalue weighted by Gasteiger charge is -2.28. The van der Waals surface area contributed by atoms with E-state index in [1.54, 1.807) is 0 Å². The van der Waals surface area contributed by atoms with Crippen molar-refractivity contribution in [3.05, 3.63) is 83.9 Å². The molecular formula is C23H26N2O. The molecule has 0 aliphatic carbocycles. The van der Waals surface area contributed by atoms with Crippen molar-refractivity contribution in [1.29, 1.82) is 0 Å². The number of carbonyl (C=O) groups is 1. The number of carbonyl (C=O) groups excluding carboxylic acids is 1. The van der Waals surface area contributed by atoms with Gasteiger partial charge in [-0.25, -0.2) is 0 Å². The minimum atomic E-state index is -0.0214. The van der Waals surface area contributed by atoms with Crippen molar-refractivity contribution in [2.75, 3.05) is 6.54 Å². The van der Waals surface area contributed by atoms with Crippen molar-refractivity contribution in [3.8, 4) is 0 Å². The maximum atomic E-state index is 13.2. The summed E-state index contributed by atoms with van der Waals surface area (Å²) < 4.78 is 0. The number of hydrogen-bond donors (Lipinski definition) is 0. The Bertz CT molecular complexity index is 715. The van der Waals surface area contributed by atoms with Crippen LogP contribution in [0.1, 0.15) is 30.4 Å². The average molecular weight is 346 g/mol. The number of benzene rings is 2. The maximum absolute atomic E-state index is 13.2. The Kier molecular flexibility index (Phi) is 5.16. The summed E-state index contributed by atoms with van der Waals surface area (Å²) in [6, 6.07) is 21.3. The van der Waals surface area contributed by atoms with E-state index in [0.717, 1.165) is 38.9 Å². The molecule has 3 heteroatoms. The van der Waals surface area contributed by atoms with Crippen molar-refractivity contribution < 1.29 is 4.79 Å². The zero-order chi connectivity index (χ0) is 17.8. The number of amides is 1. The van der Waals surface area contributed by atoms with Gasteiger partial charge in [-0.3, -0.25) is 9.69 Å². The lowest BCUT2D eigenvalue weighted by atomic mass is 10.1. The average Bonchev–Trinajstić information content (AvgIpc) is 2.84. The number of rotatable bonds is 5. The highest BCUT2D eigenvalue weighted by molar-refractivity contribution is 5.84. The number of nitrogens with zero attached hydrogens (tertiary/aromatic N) is 2. The van der Waals surface area contributed by atoms with Crippen LogP contribution in [0.3, 0.4) is 0 Å². The van der Waals surface area contributed by atoms with E-state index in [-0.39, 0.29) is 6.04 Å². The highest BCUT2D eigenvalue weighted by Gasteiger charge is 2.41. The molecule has 0 spiro atoms. The molecule has 1 saturated heterocycles. The van der Waals surface area contributed by atoms with Gasteiger partial charge in [-0.15, -0.1) is 0 Å². The fourth-order valence-corrected chi connectivity index (χ4v) is 4.18. The van der Waals surface area contributed by atoms with Gasteiger partial charge in [0.1, 0.15) is 0 Å². The van der Waals surface area contributed by atoms with Crippen molar-refractivity contribution in [2.24, 2.45) is 0 Å². The first kappa shape index (κ1) is 17.0. The van der Waals surface area contributed by atoms with Gasteiger partial charge >= 0.3 is 0 Å². The molecule has 1 fully saturated rings. The standard InChI is InChI=1S/C23H26N2O/c26-23-22(16-21-14-8-3-9-15-25(21)23)24(17-19-10-4-1-5-11-19)18-20-12-6-2-7-13-20/h1-8,10-13,21-22H,9,14-18H2/t21-,22-/m0/s1. The first-order valence-corrected chi connectivity index (χ1v) is 9.58. The van der Waals surface area contributed by atoms with Gasteiger partial charge in [-0.05, 0) is 30.4 Å². The largest absolute Gasteiger partial charge is 0.338 e. The van der Waals surface area contributed by atoms with Gasteiger partial charge in [0.25, 0.3) is 0 Å². The van der Waals surface area contributed by atoms with Crippen molar-refractivity contribution >= 4 is 5.91 Å². The molecule has 2 heterocycles. The third-order valence-corrected chi connectivity index (χ3v) is 5.51. The first-order valence-electron chi connectivity index (χ1n) is 9.58. The highest BCUT2D eigenvalue weighted by atomic mass is 16.2. The van der Waals surface area contributed by atoms with Crippen LogP contribution in [0.15, 0.2) is 72.8 Å². The molecule has 2 aliphatic heterocycles. The van der Waals surface area contributed by atoms with Crippen LogP contribution in [-0.4, -0.2) is 34.3 Å². The second kappa shape index (κ2) is 7.88. The SMILES string of the molecule is O=C1[C@@H](N(Cc2ccccc2)Cc2ccccc2)C[C@@H]2CC=CCCN12. The fourth-order valence-electron chi connectivity index (χ4n) is 4.18. The molecule has 0 N–H and O–H groups in total. The normalized spacial score (nSPS) is 22.5. The van der Waals surface area contributed by atoms with E-state index < -0.39 is 0 Å². The van der Waals surface area contributed by atoms with Gasteiger partial charge in [-0.2, -0.15) is 0 Å². The molecule has 0 bridgehead atoms. The molecule has 26 heavy (non-hydrogen) atoms. The van der Waals surface area contributed by atoms with Gasteiger partial charge in [0.2, 0.25) is 5.91 Å². The van der Waals surface area contributed by atoms with Crippen molar-refractivity contribution in [1.82, 2.24) is 9.80 Å². The van der Waals surface area contributed by atoms with Crippen LogP contribution >= 0.6 is 0 Å². The lowest BCUT2D eigenvalue weighted by molar-refractivity contribution is -0.133. The summed E-state index contributed by atoms with van der Waals surface area (Å²) >= 11 is 0.